The molecular weight excluding hydrogens is 304 g/mol. The zero-order chi connectivity index (χ0) is 17.0. The van der Waals surface area contributed by atoms with Gasteiger partial charge in [0.25, 0.3) is 0 Å². The van der Waals surface area contributed by atoms with E-state index in [1.54, 1.807) is 11.8 Å². The summed E-state index contributed by atoms with van der Waals surface area (Å²) in [5.74, 6) is 0.279. The number of esters is 1. The van der Waals surface area contributed by atoms with Gasteiger partial charge in [0.2, 0.25) is 0 Å². The van der Waals surface area contributed by atoms with Crippen LogP contribution in [0.4, 0.5) is 0 Å². The van der Waals surface area contributed by atoms with E-state index in [0.29, 0.717) is 12.5 Å². The third-order valence-electron chi connectivity index (χ3n) is 4.49. The Bertz CT molecular complexity index is 557. The first kappa shape index (κ1) is 18.1. The molecule has 1 unspecified atom stereocenters. The van der Waals surface area contributed by atoms with Crippen LogP contribution in [0.25, 0.3) is 0 Å². The molecule has 1 aliphatic carbocycles. The minimum Gasteiger partial charge on any atom is -0.466 e. The summed E-state index contributed by atoms with van der Waals surface area (Å²) in [6.07, 6.45) is 3.24. The fraction of sp³-hybridized carbons (Fsp3) is 0.550. The van der Waals surface area contributed by atoms with Crippen LogP contribution in [0.3, 0.4) is 0 Å². The van der Waals surface area contributed by atoms with Gasteiger partial charge in [-0.2, -0.15) is 0 Å². The van der Waals surface area contributed by atoms with Gasteiger partial charge < -0.3 is 4.74 Å². The van der Waals surface area contributed by atoms with Crippen LogP contribution < -0.4 is 0 Å². The molecule has 0 saturated heterocycles. The van der Waals surface area contributed by atoms with Crippen LogP contribution in [0.2, 0.25) is 0 Å². The van der Waals surface area contributed by atoms with Crippen LogP contribution in [0.1, 0.15) is 41.0 Å². The Morgan fingerprint density at radius 3 is 2.48 bits per heavy atom. The van der Waals surface area contributed by atoms with E-state index in [4.69, 9.17) is 4.74 Å². The zero-order valence-electron chi connectivity index (χ0n) is 14.8. The molecule has 0 aliphatic heterocycles. The molecule has 2 nitrogen and oxygen atoms in total. The number of allylic oxidation sites excluding steroid dienone is 1. The van der Waals surface area contributed by atoms with E-state index < -0.39 is 0 Å². The highest BCUT2D eigenvalue weighted by atomic mass is 32.2. The van der Waals surface area contributed by atoms with Gasteiger partial charge in [-0.05, 0) is 43.7 Å². The fourth-order valence-corrected chi connectivity index (χ4v) is 4.35. The number of hydrogen-bond donors (Lipinski definition) is 0. The lowest BCUT2D eigenvalue weighted by molar-refractivity contribution is -0.148. The lowest BCUT2D eigenvalue weighted by atomic mass is 9.70. The number of thioether (sulfide) groups is 1. The molecule has 0 heterocycles. The standard InChI is InChI=1S/C20H28O2S/c1-6-22-19(21)17-13-15(20(3,4)5)12-14(2)18(17)23-16-10-8-7-9-11-16/h7-12,15,17-18H,6,13H2,1-5H3/t15-,17?,18+/m1/s1. The van der Waals surface area contributed by atoms with E-state index >= 15 is 0 Å². The topological polar surface area (TPSA) is 26.3 Å². The molecule has 3 atom stereocenters. The number of rotatable bonds is 4. The molecule has 1 aromatic rings. The van der Waals surface area contributed by atoms with Crippen LogP contribution in [0.5, 0.6) is 0 Å². The van der Waals surface area contributed by atoms with Crippen molar-refractivity contribution in [3.8, 4) is 0 Å². The summed E-state index contributed by atoms with van der Waals surface area (Å²) in [6.45, 7) is 11.2. The summed E-state index contributed by atoms with van der Waals surface area (Å²) in [7, 11) is 0. The van der Waals surface area contributed by atoms with Crippen molar-refractivity contribution in [2.24, 2.45) is 17.3 Å². The van der Waals surface area contributed by atoms with Crippen molar-refractivity contribution in [3.63, 3.8) is 0 Å². The second kappa shape index (κ2) is 7.57. The molecule has 0 N–H and O–H groups in total. The van der Waals surface area contributed by atoms with E-state index in [9.17, 15) is 4.79 Å². The number of hydrogen-bond acceptors (Lipinski definition) is 3. The van der Waals surface area contributed by atoms with Crippen LogP contribution >= 0.6 is 11.8 Å². The van der Waals surface area contributed by atoms with Gasteiger partial charge in [-0.3, -0.25) is 4.79 Å². The lowest BCUT2D eigenvalue weighted by Gasteiger charge is -2.39. The molecule has 23 heavy (non-hydrogen) atoms. The molecule has 0 amide bonds. The third kappa shape index (κ3) is 4.63. The van der Waals surface area contributed by atoms with Crippen LogP contribution in [-0.2, 0) is 9.53 Å². The van der Waals surface area contributed by atoms with Crippen LogP contribution in [-0.4, -0.2) is 17.8 Å². The molecule has 0 saturated carbocycles. The molecule has 3 heteroatoms. The van der Waals surface area contributed by atoms with Gasteiger partial charge in [-0.1, -0.05) is 50.6 Å². The van der Waals surface area contributed by atoms with E-state index in [0.717, 1.165) is 6.42 Å². The van der Waals surface area contributed by atoms with E-state index in [1.807, 2.05) is 25.1 Å². The van der Waals surface area contributed by atoms with Gasteiger partial charge in [0.15, 0.2) is 0 Å². The van der Waals surface area contributed by atoms with E-state index in [2.05, 4.69) is 45.9 Å². The second-order valence-corrected chi connectivity index (χ2v) is 8.54. The van der Waals surface area contributed by atoms with Crippen LogP contribution in [0.15, 0.2) is 46.9 Å². The lowest BCUT2D eigenvalue weighted by Crippen LogP contribution is -2.37. The Morgan fingerprint density at radius 1 is 1.26 bits per heavy atom. The maximum Gasteiger partial charge on any atom is 0.310 e. The largest absolute Gasteiger partial charge is 0.466 e. The molecule has 2 rings (SSSR count). The van der Waals surface area contributed by atoms with Gasteiger partial charge in [0.05, 0.1) is 12.5 Å². The Kier molecular flexibility index (Phi) is 5.96. The maximum atomic E-state index is 12.6. The first-order valence-corrected chi connectivity index (χ1v) is 9.27. The Morgan fingerprint density at radius 2 is 1.91 bits per heavy atom. The summed E-state index contributed by atoms with van der Waals surface area (Å²) in [6, 6.07) is 10.3. The second-order valence-electron chi connectivity index (χ2n) is 7.33. The average Bonchev–Trinajstić information content (AvgIpc) is 2.49. The molecule has 1 aliphatic rings. The quantitative estimate of drug-likeness (QED) is 0.550. The van der Waals surface area contributed by atoms with Gasteiger partial charge in [0.1, 0.15) is 0 Å². The Labute approximate surface area is 144 Å². The van der Waals surface area contributed by atoms with Crippen molar-refractivity contribution < 1.29 is 9.53 Å². The molecule has 126 valence electrons. The molecule has 0 radical (unpaired) electrons. The summed E-state index contributed by atoms with van der Waals surface area (Å²) in [5, 5.41) is 0.162. The molecule has 1 aromatic carbocycles. The van der Waals surface area contributed by atoms with Crippen molar-refractivity contribution in [2.45, 2.75) is 51.2 Å². The van der Waals surface area contributed by atoms with Gasteiger partial charge >= 0.3 is 5.97 Å². The van der Waals surface area contributed by atoms with E-state index in [-0.39, 0.29) is 22.6 Å². The summed E-state index contributed by atoms with van der Waals surface area (Å²) < 4.78 is 5.38. The highest BCUT2D eigenvalue weighted by Gasteiger charge is 2.40. The van der Waals surface area contributed by atoms with Gasteiger partial charge in [-0.15, -0.1) is 11.8 Å². The van der Waals surface area contributed by atoms with Gasteiger partial charge in [-0.25, -0.2) is 0 Å². The molecule has 0 aromatic heterocycles. The fourth-order valence-electron chi connectivity index (χ4n) is 3.09. The molecule has 0 spiro atoms. The van der Waals surface area contributed by atoms with Crippen molar-refractivity contribution in [1.29, 1.82) is 0 Å². The predicted octanol–water partition coefficient (Wildman–Crippen LogP) is 5.34. The van der Waals surface area contributed by atoms with Crippen molar-refractivity contribution in [3.05, 3.63) is 42.0 Å². The predicted molar refractivity (Wildman–Crippen MR) is 97.5 cm³/mol. The normalized spacial score (nSPS) is 24.9. The number of benzene rings is 1. The van der Waals surface area contributed by atoms with Crippen molar-refractivity contribution in [1.82, 2.24) is 0 Å². The van der Waals surface area contributed by atoms with Crippen molar-refractivity contribution in [2.75, 3.05) is 6.61 Å². The highest BCUT2D eigenvalue weighted by molar-refractivity contribution is 8.00. The molecule has 0 fully saturated rings. The summed E-state index contributed by atoms with van der Waals surface area (Å²) >= 11 is 1.78. The number of carbonyl (C=O) groups excluding carboxylic acids is 1. The van der Waals surface area contributed by atoms with E-state index in [1.165, 1.54) is 10.5 Å². The van der Waals surface area contributed by atoms with Gasteiger partial charge in [0, 0.05) is 10.1 Å². The minimum absolute atomic E-state index is 0.0531. The number of carbonyl (C=O) groups is 1. The first-order valence-electron chi connectivity index (χ1n) is 8.39. The minimum atomic E-state index is -0.0746. The summed E-state index contributed by atoms with van der Waals surface area (Å²) in [5.41, 5.74) is 1.46. The molecular formula is C20H28O2S. The Balaban J connectivity index is 2.29. The van der Waals surface area contributed by atoms with Crippen molar-refractivity contribution >= 4 is 17.7 Å². The smallest absolute Gasteiger partial charge is 0.310 e. The highest BCUT2D eigenvalue weighted by Crippen LogP contribution is 2.45. The monoisotopic (exact) mass is 332 g/mol. The zero-order valence-corrected chi connectivity index (χ0v) is 15.7. The average molecular weight is 333 g/mol. The third-order valence-corrected chi connectivity index (χ3v) is 5.99. The SMILES string of the molecule is CCOC(=O)C1C[C@H](C(C)(C)C)C=C(C)[C@@H]1Sc1ccccc1. The number of ether oxygens (including phenoxy) is 1. The van der Waals surface area contributed by atoms with Crippen LogP contribution in [0, 0.1) is 17.3 Å². The Hall–Kier alpha value is -1.22. The first-order chi connectivity index (χ1) is 10.8. The molecule has 0 bridgehead atoms. The maximum absolute atomic E-state index is 12.6. The summed E-state index contributed by atoms with van der Waals surface area (Å²) in [4.78, 5) is 13.8.